The molecule has 1 unspecified atom stereocenters. The van der Waals surface area contributed by atoms with E-state index in [2.05, 4.69) is 11.8 Å². The van der Waals surface area contributed by atoms with Crippen molar-refractivity contribution in [3.05, 3.63) is 0 Å². The van der Waals surface area contributed by atoms with Crippen molar-refractivity contribution in [2.24, 2.45) is 0 Å². The van der Waals surface area contributed by atoms with Crippen LogP contribution >= 0.6 is 0 Å². The van der Waals surface area contributed by atoms with Crippen LogP contribution in [0, 0.1) is 0 Å². The molecule has 0 aliphatic carbocycles. The van der Waals surface area contributed by atoms with Crippen LogP contribution in [0.2, 0.25) is 0 Å². The summed E-state index contributed by atoms with van der Waals surface area (Å²) >= 11 is 0. The van der Waals surface area contributed by atoms with Gasteiger partial charge < -0.3 is 4.79 Å². The summed E-state index contributed by atoms with van der Waals surface area (Å²) in [6.45, 7) is 4.53. The summed E-state index contributed by atoms with van der Waals surface area (Å²) < 4.78 is 0. The van der Waals surface area contributed by atoms with E-state index in [1.165, 1.54) is 64.1 Å². The number of hydrogen-bond acceptors (Lipinski definition) is 2. The van der Waals surface area contributed by atoms with Crippen molar-refractivity contribution >= 4 is 6.29 Å². The van der Waals surface area contributed by atoms with Crippen LogP contribution in [0.25, 0.3) is 0 Å². The summed E-state index contributed by atoms with van der Waals surface area (Å²) in [6.07, 6.45) is 14.1. The van der Waals surface area contributed by atoms with E-state index in [1.807, 2.05) is 0 Å². The lowest BCUT2D eigenvalue weighted by atomic mass is 10.1. The van der Waals surface area contributed by atoms with Gasteiger partial charge in [-0.1, -0.05) is 51.9 Å². The second-order valence-corrected chi connectivity index (χ2v) is 5.36. The lowest BCUT2D eigenvalue weighted by Crippen LogP contribution is -2.36. The molecule has 1 aliphatic rings. The fourth-order valence-electron chi connectivity index (χ4n) is 2.72. The maximum absolute atomic E-state index is 11.1. The third-order valence-electron chi connectivity index (χ3n) is 3.87. The van der Waals surface area contributed by atoms with Crippen LogP contribution in [0.5, 0.6) is 0 Å². The number of nitrogens with zero attached hydrogens (tertiary/aromatic N) is 1. The van der Waals surface area contributed by atoms with E-state index < -0.39 is 0 Å². The quantitative estimate of drug-likeness (QED) is 0.474. The molecule has 0 radical (unpaired) electrons. The Labute approximate surface area is 107 Å². The maximum Gasteiger partial charge on any atom is 0.137 e. The fourth-order valence-corrected chi connectivity index (χ4v) is 2.72. The fraction of sp³-hybridized carbons (Fsp3) is 0.933. The van der Waals surface area contributed by atoms with Gasteiger partial charge in [0.25, 0.3) is 0 Å². The highest BCUT2D eigenvalue weighted by atomic mass is 16.1. The number of likely N-dealkylation sites (tertiary alicyclic amines) is 1. The molecule has 1 heterocycles. The first-order valence-corrected chi connectivity index (χ1v) is 7.58. The standard InChI is InChI=1S/C15H29NO/c1-2-3-4-5-6-9-12-16-13-10-7-8-11-15(16)14-17/h14-15H,2-13H2,1H3. The monoisotopic (exact) mass is 239 g/mol. The van der Waals surface area contributed by atoms with Gasteiger partial charge in [0.15, 0.2) is 0 Å². The van der Waals surface area contributed by atoms with Crippen LogP contribution in [-0.4, -0.2) is 30.3 Å². The molecule has 0 saturated carbocycles. The molecule has 2 heteroatoms. The number of aldehydes is 1. The van der Waals surface area contributed by atoms with Crippen LogP contribution < -0.4 is 0 Å². The molecule has 0 bridgehead atoms. The summed E-state index contributed by atoms with van der Waals surface area (Å²) in [5.41, 5.74) is 0. The summed E-state index contributed by atoms with van der Waals surface area (Å²) in [5, 5.41) is 0. The van der Waals surface area contributed by atoms with Crippen molar-refractivity contribution in [2.75, 3.05) is 13.1 Å². The first-order chi connectivity index (χ1) is 8.38. The molecule has 1 fully saturated rings. The van der Waals surface area contributed by atoms with Gasteiger partial charge in [0.2, 0.25) is 0 Å². The molecule has 0 aromatic heterocycles. The second-order valence-electron chi connectivity index (χ2n) is 5.36. The lowest BCUT2D eigenvalue weighted by molar-refractivity contribution is -0.112. The van der Waals surface area contributed by atoms with E-state index in [4.69, 9.17) is 0 Å². The first-order valence-electron chi connectivity index (χ1n) is 7.58. The van der Waals surface area contributed by atoms with Gasteiger partial charge in [0.05, 0.1) is 6.04 Å². The summed E-state index contributed by atoms with van der Waals surface area (Å²) in [5.74, 6) is 0. The normalized spacial score (nSPS) is 22.3. The average Bonchev–Trinajstić information content (AvgIpc) is 2.58. The number of rotatable bonds is 8. The Morgan fingerprint density at radius 3 is 2.59 bits per heavy atom. The molecule has 0 amide bonds. The number of unbranched alkanes of at least 4 members (excludes halogenated alkanes) is 5. The summed E-state index contributed by atoms with van der Waals surface area (Å²) in [4.78, 5) is 13.5. The molecule has 0 aromatic carbocycles. The van der Waals surface area contributed by atoms with Crippen molar-refractivity contribution in [3.63, 3.8) is 0 Å². The predicted molar refractivity (Wildman–Crippen MR) is 73.3 cm³/mol. The maximum atomic E-state index is 11.1. The first kappa shape index (κ1) is 14.7. The van der Waals surface area contributed by atoms with E-state index in [0.29, 0.717) is 0 Å². The predicted octanol–water partition coefficient (Wildman–Crippen LogP) is 3.79. The molecular weight excluding hydrogens is 210 g/mol. The zero-order valence-corrected chi connectivity index (χ0v) is 11.5. The van der Waals surface area contributed by atoms with Crippen LogP contribution in [-0.2, 0) is 4.79 Å². The van der Waals surface area contributed by atoms with Gasteiger partial charge in [-0.15, -0.1) is 0 Å². The Balaban J connectivity index is 2.12. The number of carbonyl (C=O) groups is 1. The highest BCUT2D eigenvalue weighted by Gasteiger charge is 2.19. The van der Waals surface area contributed by atoms with Crippen molar-refractivity contribution < 1.29 is 4.79 Å². The molecule has 0 aromatic rings. The topological polar surface area (TPSA) is 20.3 Å². The second kappa shape index (κ2) is 9.64. The molecular formula is C15H29NO. The van der Waals surface area contributed by atoms with E-state index in [9.17, 15) is 4.79 Å². The van der Waals surface area contributed by atoms with Gasteiger partial charge in [-0.2, -0.15) is 0 Å². The SMILES string of the molecule is CCCCCCCCN1CCCCCC1C=O. The van der Waals surface area contributed by atoms with Crippen molar-refractivity contribution in [1.29, 1.82) is 0 Å². The molecule has 1 atom stereocenters. The third-order valence-corrected chi connectivity index (χ3v) is 3.87. The van der Waals surface area contributed by atoms with Crippen LogP contribution in [0.15, 0.2) is 0 Å². The van der Waals surface area contributed by atoms with Crippen LogP contribution in [0.1, 0.15) is 71.1 Å². The van der Waals surface area contributed by atoms with Crippen LogP contribution in [0.4, 0.5) is 0 Å². The van der Waals surface area contributed by atoms with Crippen molar-refractivity contribution in [2.45, 2.75) is 77.2 Å². The molecule has 1 aliphatic heterocycles. The zero-order valence-electron chi connectivity index (χ0n) is 11.5. The Hall–Kier alpha value is -0.370. The van der Waals surface area contributed by atoms with Crippen molar-refractivity contribution in [3.8, 4) is 0 Å². The van der Waals surface area contributed by atoms with Gasteiger partial charge in [-0.3, -0.25) is 4.90 Å². The van der Waals surface area contributed by atoms with E-state index >= 15 is 0 Å². The minimum Gasteiger partial charge on any atom is -0.302 e. The highest BCUT2D eigenvalue weighted by molar-refractivity contribution is 5.57. The van der Waals surface area contributed by atoms with Gasteiger partial charge in [-0.05, 0) is 32.4 Å². The van der Waals surface area contributed by atoms with E-state index in [0.717, 1.165) is 19.5 Å². The Kier molecular flexibility index (Phi) is 8.33. The van der Waals surface area contributed by atoms with Crippen LogP contribution in [0.3, 0.4) is 0 Å². The summed E-state index contributed by atoms with van der Waals surface area (Å²) in [7, 11) is 0. The number of hydrogen-bond donors (Lipinski definition) is 0. The molecule has 1 saturated heterocycles. The average molecular weight is 239 g/mol. The van der Waals surface area contributed by atoms with Gasteiger partial charge in [0, 0.05) is 0 Å². The zero-order chi connectivity index (χ0) is 12.3. The lowest BCUT2D eigenvalue weighted by Gasteiger charge is -2.25. The highest BCUT2D eigenvalue weighted by Crippen LogP contribution is 2.16. The molecule has 100 valence electrons. The molecule has 2 nitrogen and oxygen atoms in total. The smallest absolute Gasteiger partial charge is 0.137 e. The van der Waals surface area contributed by atoms with E-state index in [1.54, 1.807) is 0 Å². The van der Waals surface area contributed by atoms with E-state index in [-0.39, 0.29) is 6.04 Å². The minimum absolute atomic E-state index is 0.216. The third kappa shape index (κ3) is 6.21. The van der Waals surface area contributed by atoms with Gasteiger partial charge in [-0.25, -0.2) is 0 Å². The summed E-state index contributed by atoms with van der Waals surface area (Å²) in [6, 6.07) is 0.216. The molecule has 1 rings (SSSR count). The van der Waals surface area contributed by atoms with Gasteiger partial charge >= 0.3 is 0 Å². The largest absolute Gasteiger partial charge is 0.302 e. The Morgan fingerprint density at radius 2 is 1.82 bits per heavy atom. The molecule has 0 spiro atoms. The Bertz CT molecular complexity index is 193. The minimum atomic E-state index is 0.216. The van der Waals surface area contributed by atoms with Crippen molar-refractivity contribution in [1.82, 2.24) is 4.90 Å². The number of carbonyl (C=O) groups excluding carboxylic acids is 1. The van der Waals surface area contributed by atoms with Gasteiger partial charge in [0.1, 0.15) is 6.29 Å². The molecule has 0 N–H and O–H groups in total. The Morgan fingerprint density at radius 1 is 1.06 bits per heavy atom. The molecule has 17 heavy (non-hydrogen) atoms.